The molecule has 0 saturated carbocycles. The maximum atomic E-state index is 12.9. The Bertz CT molecular complexity index is 803. The maximum absolute atomic E-state index is 12.9. The molecule has 0 aliphatic carbocycles. The van der Waals surface area contributed by atoms with E-state index in [1.165, 1.54) is 0 Å². The fourth-order valence-electron chi connectivity index (χ4n) is 5.08. The van der Waals surface area contributed by atoms with Crippen molar-refractivity contribution in [2.45, 2.75) is 43.7 Å². The van der Waals surface area contributed by atoms with Crippen molar-refractivity contribution in [2.24, 2.45) is 22.4 Å². The van der Waals surface area contributed by atoms with Gasteiger partial charge in [0.25, 0.3) is 0 Å². The fraction of sp³-hybridized carbons (Fsp3) is 0.652. The standard InChI is InChI=1S/C23H35FN6O/c1-29-10-6-18(7-11-29)31-19-4-5-21(27-14-19)20-15-28-22(25)13-23(20,26)17-3-2-9-30(16-17)12-8-24/h4-5,14-15,17-18H,2-3,6-13,16,26H2,1H3,(H2,25,28). The lowest BCUT2D eigenvalue weighted by Crippen LogP contribution is -2.57. The van der Waals surface area contributed by atoms with Crippen molar-refractivity contribution in [3.05, 3.63) is 30.2 Å². The number of halogens is 1. The molecule has 4 N–H and O–H groups in total. The summed E-state index contributed by atoms with van der Waals surface area (Å²) in [5.41, 5.74) is 14.2. The van der Waals surface area contributed by atoms with Crippen LogP contribution >= 0.6 is 0 Å². The summed E-state index contributed by atoms with van der Waals surface area (Å²) in [6.45, 7) is 3.91. The Kier molecular flexibility index (Phi) is 6.89. The van der Waals surface area contributed by atoms with E-state index in [1.807, 2.05) is 12.1 Å². The molecule has 8 heteroatoms. The first-order valence-electron chi connectivity index (χ1n) is 11.4. The lowest BCUT2D eigenvalue weighted by Gasteiger charge is -2.45. The zero-order valence-electron chi connectivity index (χ0n) is 18.5. The van der Waals surface area contributed by atoms with E-state index in [9.17, 15) is 4.39 Å². The van der Waals surface area contributed by atoms with Crippen LogP contribution in [-0.2, 0) is 0 Å². The number of nitrogens with two attached hydrogens (primary N) is 2. The van der Waals surface area contributed by atoms with E-state index in [0.29, 0.717) is 18.8 Å². The summed E-state index contributed by atoms with van der Waals surface area (Å²) in [6, 6.07) is 3.94. The number of piperidine rings is 2. The average molecular weight is 431 g/mol. The number of nitrogens with zero attached hydrogens (tertiary/aromatic N) is 4. The molecule has 0 radical (unpaired) electrons. The predicted molar refractivity (Wildman–Crippen MR) is 122 cm³/mol. The second kappa shape index (κ2) is 9.63. The van der Waals surface area contributed by atoms with Gasteiger partial charge in [-0.05, 0) is 57.3 Å². The molecule has 2 atom stereocenters. The summed E-state index contributed by atoms with van der Waals surface area (Å²) in [7, 11) is 2.14. The highest BCUT2D eigenvalue weighted by molar-refractivity contribution is 5.90. The number of hydrogen-bond acceptors (Lipinski definition) is 7. The maximum Gasteiger partial charge on any atom is 0.138 e. The van der Waals surface area contributed by atoms with Crippen molar-refractivity contribution in [3.8, 4) is 5.75 Å². The lowest BCUT2D eigenvalue weighted by molar-refractivity contribution is 0.114. The Morgan fingerprint density at radius 2 is 2.03 bits per heavy atom. The largest absolute Gasteiger partial charge is 0.489 e. The van der Waals surface area contributed by atoms with E-state index in [-0.39, 0.29) is 18.7 Å². The van der Waals surface area contributed by atoms with Crippen molar-refractivity contribution < 1.29 is 9.13 Å². The molecule has 4 rings (SSSR count). The molecule has 0 spiro atoms. The predicted octanol–water partition coefficient (Wildman–Crippen LogP) is 2.04. The number of hydrogen-bond donors (Lipinski definition) is 2. The second-order valence-electron chi connectivity index (χ2n) is 9.21. The first kappa shape index (κ1) is 22.2. The fourth-order valence-corrected chi connectivity index (χ4v) is 5.08. The normalized spacial score (nSPS) is 28.8. The molecule has 7 nitrogen and oxygen atoms in total. The minimum Gasteiger partial charge on any atom is -0.489 e. The van der Waals surface area contributed by atoms with Gasteiger partial charge in [-0.2, -0.15) is 0 Å². The number of pyridine rings is 1. The minimum atomic E-state index is -0.663. The van der Waals surface area contributed by atoms with Crippen molar-refractivity contribution in [1.29, 1.82) is 0 Å². The molecular weight excluding hydrogens is 395 g/mol. The monoisotopic (exact) mass is 430 g/mol. The highest BCUT2D eigenvalue weighted by Gasteiger charge is 2.43. The second-order valence-corrected chi connectivity index (χ2v) is 9.21. The molecule has 31 heavy (non-hydrogen) atoms. The third-order valence-corrected chi connectivity index (χ3v) is 6.95. The van der Waals surface area contributed by atoms with Crippen LogP contribution in [0.3, 0.4) is 0 Å². The first-order valence-corrected chi connectivity index (χ1v) is 11.4. The summed E-state index contributed by atoms with van der Waals surface area (Å²) in [5, 5.41) is 0. The van der Waals surface area contributed by atoms with Gasteiger partial charge < -0.3 is 26.0 Å². The summed E-state index contributed by atoms with van der Waals surface area (Å²) in [4.78, 5) is 13.5. The van der Waals surface area contributed by atoms with Crippen molar-refractivity contribution in [3.63, 3.8) is 0 Å². The van der Waals surface area contributed by atoms with Gasteiger partial charge in [-0.15, -0.1) is 0 Å². The number of aliphatic imine (C=N–C) groups is 1. The van der Waals surface area contributed by atoms with Crippen LogP contribution in [0.1, 0.15) is 37.8 Å². The van der Waals surface area contributed by atoms with E-state index in [4.69, 9.17) is 16.2 Å². The van der Waals surface area contributed by atoms with E-state index >= 15 is 0 Å². The highest BCUT2D eigenvalue weighted by atomic mass is 19.1. The van der Waals surface area contributed by atoms with Gasteiger partial charge in [0.15, 0.2) is 0 Å². The molecule has 3 aliphatic rings. The van der Waals surface area contributed by atoms with Gasteiger partial charge in [-0.3, -0.25) is 4.98 Å². The van der Waals surface area contributed by atoms with Crippen LogP contribution < -0.4 is 16.2 Å². The molecule has 170 valence electrons. The van der Waals surface area contributed by atoms with E-state index in [2.05, 4.69) is 26.8 Å². The summed E-state index contributed by atoms with van der Waals surface area (Å²) >= 11 is 0. The quantitative estimate of drug-likeness (QED) is 0.717. The Labute approximate surface area is 184 Å². The van der Waals surface area contributed by atoms with Gasteiger partial charge in [0, 0.05) is 44.4 Å². The molecule has 0 aromatic carbocycles. The Morgan fingerprint density at radius 3 is 2.74 bits per heavy atom. The molecule has 1 aromatic heterocycles. The third-order valence-electron chi connectivity index (χ3n) is 6.95. The van der Waals surface area contributed by atoms with Crippen LogP contribution in [-0.4, -0.2) is 78.7 Å². The van der Waals surface area contributed by atoms with Gasteiger partial charge in [0.1, 0.15) is 24.4 Å². The number of alkyl halides is 1. The molecular formula is C23H35FN6O. The number of likely N-dealkylation sites (tertiary alicyclic amines) is 2. The molecule has 2 saturated heterocycles. The van der Waals surface area contributed by atoms with E-state index in [1.54, 1.807) is 12.4 Å². The number of ether oxygens (including phenoxy) is 1. The minimum absolute atomic E-state index is 0.171. The van der Waals surface area contributed by atoms with Crippen LogP contribution in [0.15, 0.2) is 29.5 Å². The summed E-state index contributed by atoms with van der Waals surface area (Å²) in [5.74, 6) is 1.49. The smallest absolute Gasteiger partial charge is 0.138 e. The van der Waals surface area contributed by atoms with Crippen molar-refractivity contribution in [2.75, 3.05) is 46.4 Å². The van der Waals surface area contributed by atoms with Gasteiger partial charge in [-0.1, -0.05) is 0 Å². The van der Waals surface area contributed by atoms with Crippen LogP contribution in [0.4, 0.5) is 4.39 Å². The number of amidine groups is 1. The van der Waals surface area contributed by atoms with Crippen molar-refractivity contribution in [1.82, 2.24) is 14.8 Å². The summed E-state index contributed by atoms with van der Waals surface area (Å²) < 4.78 is 19.1. The van der Waals surface area contributed by atoms with Gasteiger partial charge in [-0.25, -0.2) is 9.38 Å². The molecule has 0 bridgehead atoms. The number of aromatic nitrogens is 1. The van der Waals surface area contributed by atoms with Crippen LogP contribution in [0.25, 0.3) is 5.57 Å². The zero-order chi connectivity index (χ0) is 21.8. The third kappa shape index (κ3) is 5.07. The average Bonchev–Trinajstić information content (AvgIpc) is 2.77. The van der Waals surface area contributed by atoms with Gasteiger partial charge in [0.2, 0.25) is 0 Å². The van der Waals surface area contributed by atoms with Crippen molar-refractivity contribution >= 4 is 11.4 Å². The lowest BCUT2D eigenvalue weighted by atomic mass is 9.70. The molecule has 0 amide bonds. The van der Waals surface area contributed by atoms with E-state index < -0.39 is 5.54 Å². The SMILES string of the molecule is CN1CCC(Oc2ccc(C3=CN=C(N)CC3(N)C3CCCN(CCF)C3)nc2)CC1. The van der Waals surface area contributed by atoms with Crippen LogP contribution in [0, 0.1) is 5.92 Å². The molecule has 2 fully saturated rings. The van der Waals surface area contributed by atoms with Crippen LogP contribution in [0.2, 0.25) is 0 Å². The first-order chi connectivity index (χ1) is 15.0. The Balaban J connectivity index is 1.50. The zero-order valence-corrected chi connectivity index (χ0v) is 18.5. The molecule has 1 aromatic rings. The van der Waals surface area contributed by atoms with Crippen LogP contribution in [0.5, 0.6) is 5.75 Å². The van der Waals surface area contributed by atoms with Gasteiger partial charge in [0.05, 0.1) is 17.4 Å². The number of rotatable bonds is 6. The molecule has 4 heterocycles. The Hall–Kier alpha value is -2.03. The summed E-state index contributed by atoms with van der Waals surface area (Å²) in [6.07, 6.45) is 8.33. The Morgan fingerprint density at radius 1 is 1.23 bits per heavy atom. The topological polar surface area (TPSA) is 93.0 Å². The highest BCUT2D eigenvalue weighted by Crippen LogP contribution is 2.40. The van der Waals surface area contributed by atoms with Gasteiger partial charge >= 0.3 is 0 Å². The molecule has 3 aliphatic heterocycles. The van der Waals surface area contributed by atoms with E-state index in [0.717, 1.165) is 68.9 Å². The molecule has 2 unspecified atom stereocenters.